The topological polar surface area (TPSA) is 53.3 Å². The summed E-state index contributed by atoms with van der Waals surface area (Å²) in [5.41, 5.74) is 3.23. The monoisotopic (exact) mass is 313 g/mol. The second-order valence-electron chi connectivity index (χ2n) is 5.50. The molecule has 24 heavy (non-hydrogen) atoms. The van der Waals surface area contributed by atoms with Crippen molar-refractivity contribution in [3.63, 3.8) is 0 Å². The third-order valence-electron chi connectivity index (χ3n) is 4.05. The fraction of sp³-hybridized carbons (Fsp3) is 0. The molecule has 116 valence electrons. The van der Waals surface area contributed by atoms with E-state index in [-0.39, 0.29) is 5.56 Å². The Bertz CT molecular complexity index is 1030. The van der Waals surface area contributed by atoms with Gasteiger partial charge in [0.1, 0.15) is 11.3 Å². The lowest BCUT2D eigenvalue weighted by Gasteiger charge is -2.10. The Hall–Kier alpha value is -3.33. The van der Waals surface area contributed by atoms with Crippen LogP contribution < -0.4 is 5.11 Å². The van der Waals surface area contributed by atoms with Crippen LogP contribution in [0.1, 0.15) is 10.4 Å². The van der Waals surface area contributed by atoms with Crippen molar-refractivity contribution >= 4 is 16.9 Å². The second kappa shape index (κ2) is 5.70. The fourth-order valence-electron chi connectivity index (χ4n) is 2.99. The van der Waals surface area contributed by atoms with E-state index in [0.29, 0.717) is 11.3 Å². The molecule has 0 amide bonds. The van der Waals surface area contributed by atoms with Gasteiger partial charge in [-0.1, -0.05) is 72.8 Å². The average Bonchev–Trinajstić information content (AvgIpc) is 3.01. The molecule has 0 N–H and O–H groups in total. The largest absolute Gasteiger partial charge is 0.545 e. The van der Waals surface area contributed by atoms with Crippen molar-refractivity contribution in [1.82, 2.24) is 0 Å². The molecule has 0 fully saturated rings. The van der Waals surface area contributed by atoms with E-state index in [9.17, 15) is 9.90 Å². The standard InChI is InChI=1S/C21H14O3/c22-21(23)16-11-5-4-10-15(16)20-19(14-8-2-1-3-9-14)17-12-6-7-13-18(17)24-20/h1-13H,(H,22,23)/p-1. The predicted molar refractivity (Wildman–Crippen MR) is 91.4 cm³/mol. The molecule has 1 heterocycles. The van der Waals surface area contributed by atoms with Crippen molar-refractivity contribution in [2.75, 3.05) is 0 Å². The number of rotatable bonds is 3. The van der Waals surface area contributed by atoms with Gasteiger partial charge in [-0.2, -0.15) is 0 Å². The van der Waals surface area contributed by atoms with Gasteiger partial charge in [0.2, 0.25) is 0 Å². The van der Waals surface area contributed by atoms with Crippen LogP contribution in [0.4, 0.5) is 0 Å². The molecule has 0 atom stereocenters. The van der Waals surface area contributed by atoms with Crippen molar-refractivity contribution in [2.24, 2.45) is 0 Å². The first-order valence-electron chi connectivity index (χ1n) is 7.63. The van der Waals surface area contributed by atoms with Crippen LogP contribution in [0.3, 0.4) is 0 Å². The molecule has 0 aliphatic heterocycles. The maximum Gasteiger partial charge on any atom is 0.143 e. The Morgan fingerprint density at radius 3 is 2.25 bits per heavy atom. The van der Waals surface area contributed by atoms with Gasteiger partial charge in [-0.25, -0.2) is 0 Å². The lowest BCUT2D eigenvalue weighted by Crippen LogP contribution is -2.22. The lowest BCUT2D eigenvalue weighted by molar-refractivity contribution is -0.254. The van der Waals surface area contributed by atoms with Crippen LogP contribution >= 0.6 is 0 Å². The van der Waals surface area contributed by atoms with E-state index in [1.165, 1.54) is 6.07 Å². The van der Waals surface area contributed by atoms with E-state index in [0.717, 1.165) is 22.1 Å². The van der Waals surface area contributed by atoms with E-state index in [1.54, 1.807) is 18.2 Å². The van der Waals surface area contributed by atoms with Gasteiger partial charge >= 0.3 is 0 Å². The number of fused-ring (bicyclic) bond motifs is 1. The fourth-order valence-corrected chi connectivity index (χ4v) is 2.99. The first kappa shape index (κ1) is 14.3. The first-order valence-corrected chi connectivity index (χ1v) is 7.63. The maximum atomic E-state index is 11.5. The van der Waals surface area contributed by atoms with E-state index < -0.39 is 5.97 Å². The molecule has 1 aromatic heterocycles. The SMILES string of the molecule is O=C([O-])c1ccccc1-c1oc2ccccc2c1-c1ccccc1. The Morgan fingerprint density at radius 2 is 1.46 bits per heavy atom. The Labute approximate surface area is 138 Å². The molecule has 3 aromatic carbocycles. The summed E-state index contributed by atoms with van der Waals surface area (Å²) < 4.78 is 6.04. The normalized spacial score (nSPS) is 10.8. The molecule has 0 saturated carbocycles. The average molecular weight is 313 g/mol. The maximum absolute atomic E-state index is 11.5. The van der Waals surface area contributed by atoms with Crippen LogP contribution in [0, 0.1) is 0 Å². The number of aromatic carboxylic acids is 1. The van der Waals surface area contributed by atoms with E-state index >= 15 is 0 Å². The number of carboxylic acids is 1. The molecule has 0 unspecified atom stereocenters. The number of hydrogen-bond donors (Lipinski definition) is 0. The molecular weight excluding hydrogens is 300 g/mol. The highest BCUT2D eigenvalue weighted by Crippen LogP contribution is 2.41. The predicted octanol–water partition coefficient (Wildman–Crippen LogP) is 4.13. The van der Waals surface area contributed by atoms with Crippen molar-refractivity contribution < 1.29 is 14.3 Å². The number of furan rings is 1. The second-order valence-corrected chi connectivity index (χ2v) is 5.50. The van der Waals surface area contributed by atoms with Crippen LogP contribution in [0.25, 0.3) is 33.4 Å². The van der Waals surface area contributed by atoms with Crippen LogP contribution in [0.15, 0.2) is 83.3 Å². The van der Waals surface area contributed by atoms with Crippen LogP contribution in [0.2, 0.25) is 0 Å². The highest BCUT2D eigenvalue weighted by atomic mass is 16.4. The number of hydrogen-bond acceptors (Lipinski definition) is 3. The Morgan fingerprint density at radius 1 is 0.792 bits per heavy atom. The molecule has 0 radical (unpaired) electrons. The highest BCUT2D eigenvalue weighted by molar-refractivity contribution is 6.05. The molecular formula is C21H13O3-. The minimum absolute atomic E-state index is 0.119. The Kier molecular flexibility index (Phi) is 3.39. The summed E-state index contributed by atoms with van der Waals surface area (Å²) in [5, 5.41) is 12.5. The summed E-state index contributed by atoms with van der Waals surface area (Å²) in [5.74, 6) is -0.674. The summed E-state index contributed by atoms with van der Waals surface area (Å²) in [6.45, 7) is 0. The van der Waals surface area contributed by atoms with Crippen molar-refractivity contribution in [3.05, 3.63) is 84.4 Å². The van der Waals surface area contributed by atoms with Gasteiger partial charge in [0.15, 0.2) is 0 Å². The number of para-hydroxylation sites is 1. The lowest BCUT2D eigenvalue weighted by atomic mass is 9.96. The smallest absolute Gasteiger partial charge is 0.143 e. The van der Waals surface area contributed by atoms with E-state index in [4.69, 9.17) is 4.42 Å². The third-order valence-corrected chi connectivity index (χ3v) is 4.05. The van der Waals surface area contributed by atoms with Gasteiger partial charge in [0, 0.05) is 22.1 Å². The summed E-state index contributed by atoms with van der Waals surface area (Å²) in [6, 6.07) is 24.3. The van der Waals surface area contributed by atoms with Crippen LogP contribution in [0.5, 0.6) is 0 Å². The molecule has 0 aliphatic rings. The zero-order valence-electron chi connectivity index (χ0n) is 12.7. The third kappa shape index (κ3) is 2.27. The van der Waals surface area contributed by atoms with Gasteiger partial charge in [-0.05, 0) is 11.6 Å². The molecule has 0 spiro atoms. The molecule has 3 nitrogen and oxygen atoms in total. The van der Waals surface area contributed by atoms with Crippen LogP contribution in [-0.4, -0.2) is 5.97 Å². The van der Waals surface area contributed by atoms with Gasteiger partial charge in [-0.3, -0.25) is 0 Å². The number of carbonyl (C=O) groups excluding carboxylic acids is 1. The minimum Gasteiger partial charge on any atom is -0.545 e. The summed E-state index contributed by atoms with van der Waals surface area (Å²) >= 11 is 0. The Balaban J connectivity index is 2.09. The molecule has 4 rings (SSSR count). The van der Waals surface area contributed by atoms with Crippen molar-refractivity contribution in [3.8, 4) is 22.5 Å². The zero-order valence-corrected chi connectivity index (χ0v) is 12.7. The zero-order chi connectivity index (χ0) is 16.5. The molecule has 4 aromatic rings. The van der Waals surface area contributed by atoms with Gasteiger partial charge < -0.3 is 14.3 Å². The van der Waals surface area contributed by atoms with Gasteiger partial charge in [0.05, 0.1) is 5.97 Å². The van der Waals surface area contributed by atoms with Crippen molar-refractivity contribution in [1.29, 1.82) is 0 Å². The summed E-state index contributed by atoms with van der Waals surface area (Å²) in [7, 11) is 0. The van der Waals surface area contributed by atoms with E-state index in [1.807, 2.05) is 54.6 Å². The molecule has 0 bridgehead atoms. The molecule has 0 saturated heterocycles. The number of benzene rings is 3. The summed E-state index contributed by atoms with van der Waals surface area (Å²) in [6.07, 6.45) is 0. The number of carboxylic acid groups (broad SMARTS) is 1. The van der Waals surface area contributed by atoms with Crippen molar-refractivity contribution in [2.45, 2.75) is 0 Å². The highest BCUT2D eigenvalue weighted by Gasteiger charge is 2.19. The van der Waals surface area contributed by atoms with Crippen LogP contribution in [-0.2, 0) is 0 Å². The van der Waals surface area contributed by atoms with Gasteiger partial charge in [0.25, 0.3) is 0 Å². The summed E-state index contributed by atoms with van der Waals surface area (Å²) in [4.78, 5) is 11.5. The van der Waals surface area contributed by atoms with Gasteiger partial charge in [-0.15, -0.1) is 0 Å². The quantitative estimate of drug-likeness (QED) is 0.571. The van der Waals surface area contributed by atoms with E-state index in [2.05, 4.69) is 0 Å². The molecule has 3 heteroatoms. The molecule has 0 aliphatic carbocycles. The number of carbonyl (C=O) groups is 1. The minimum atomic E-state index is -1.22. The first-order chi connectivity index (χ1) is 11.8.